The van der Waals surface area contributed by atoms with Gasteiger partial charge in [0.2, 0.25) is 5.91 Å². The van der Waals surface area contributed by atoms with E-state index in [-0.39, 0.29) is 11.7 Å². The maximum atomic E-state index is 12.9. The molecule has 0 saturated carbocycles. The van der Waals surface area contributed by atoms with Gasteiger partial charge in [-0.05, 0) is 61.7 Å². The summed E-state index contributed by atoms with van der Waals surface area (Å²) in [6.45, 7) is 9.76. The smallest absolute Gasteiger partial charge is 0.238 e. The second kappa shape index (κ2) is 10.4. The van der Waals surface area contributed by atoms with Crippen LogP contribution >= 0.6 is 0 Å². The number of hydrogen-bond acceptors (Lipinski definition) is 4. The van der Waals surface area contributed by atoms with Gasteiger partial charge in [0.25, 0.3) is 0 Å². The summed E-state index contributed by atoms with van der Waals surface area (Å²) in [4.78, 5) is 17.0. The minimum atomic E-state index is -0.252. The monoisotopic (exact) mass is 399 g/mol. The molecular weight excluding hydrogens is 369 g/mol. The van der Waals surface area contributed by atoms with Crippen LogP contribution < -0.4 is 10.1 Å². The van der Waals surface area contributed by atoms with Crippen LogP contribution in [0.3, 0.4) is 0 Å². The van der Waals surface area contributed by atoms with Crippen LogP contribution in [-0.4, -0.2) is 61.6 Å². The molecule has 0 spiro atoms. The molecule has 2 aromatic carbocycles. The number of nitrogens with zero attached hydrogens (tertiary/aromatic N) is 2. The highest BCUT2D eigenvalue weighted by Gasteiger charge is 2.19. The molecule has 0 atom stereocenters. The molecule has 1 aliphatic rings. The van der Waals surface area contributed by atoms with E-state index in [0.29, 0.717) is 18.9 Å². The zero-order valence-electron chi connectivity index (χ0n) is 17.3. The zero-order valence-corrected chi connectivity index (χ0v) is 17.3. The molecule has 1 amide bonds. The van der Waals surface area contributed by atoms with Crippen molar-refractivity contribution < 1.29 is 13.9 Å². The molecule has 6 heteroatoms. The van der Waals surface area contributed by atoms with Crippen LogP contribution in [0.4, 0.5) is 10.1 Å². The van der Waals surface area contributed by atoms with Crippen molar-refractivity contribution in [3.8, 4) is 5.75 Å². The van der Waals surface area contributed by atoms with Gasteiger partial charge in [0.15, 0.2) is 0 Å². The lowest BCUT2D eigenvalue weighted by atomic mass is 10.1. The minimum Gasteiger partial charge on any atom is -0.494 e. The van der Waals surface area contributed by atoms with E-state index in [2.05, 4.69) is 28.1 Å². The second-order valence-corrected chi connectivity index (χ2v) is 7.57. The predicted octanol–water partition coefficient (Wildman–Crippen LogP) is 3.47. The van der Waals surface area contributed by atoms with E-state index in [1.54, 1.807) is 12.1 Å². The number of carbonyl (C=O) groups is 1. The number of nitrogens with one attached hydrogen (secondary N) is 1. The zero-order chi connectivity index (χ0) is 20.6. The van der Waals surface area contributed by atoms with Crippen molar-refractivity contribution in [1.29, 1.82) is 0 Å². The molecule has 2 aromatic rings. The summed E-state index contributed by atoms with van der Waals surface area (Å²) in [5.41, 5.74) is 3.20. The molecule has 1 saturated heterocycles. The SMILES string of the molecule is Cc1cccc(NC(=O)CN2CCN(CCCOc3ccc(F)cc3)CC2)c1C. The van der Waals surface area contributed by atoms with Crippen molar-refractivity contribution in [2.24, 2.45) is 0 Å². The third-order valence-corrected chi connectivity index (χ3v) is 5.41. The number of piperazine rings is 1. The first kappa shape index (κ1) is 21.3. The van der Waals surface area contributed by atoms with Gasteiger partial charge in [-0.15, -0.1) is 0 Å². The largest absolute Gasteiger partial charge is 0.494 e. The van der Waals surface area contributed by atoms with Crippen LogP contribution in [0.5, 0.6) is 5.75 Å². The van der Waals surface area contributed by atoms with E-state index in [0.717, 1.165) is 50.4 Å². The van der Waals surface area contributed by atoms with E-state index in [1.165, 1.54) is 17.7 Å². The molecular formula is C23H30FN3O2. The minimum absolute atomic E-state index is 0.0415. The molecule has 0 bridgehead atoms. The van der Waals surface area contributed by atoms with E-state index in [9.17, 15) is 9.18 Å². The van der Waals surface area contributed by atoms with Crippen molar-refractivity contribution in [3.63, 3.8) is 0 Å². The van der Waals surface area contributed by atoms with E-state index in [1.807, 2.05) is 19.1 Å². The standard InChI is InChI=1S/C23H30FN3O2/c1-18-5-3-6-22(19(18)2)25-23(28)17-27-14-12-26(13-15-27)11-4-16-29-21-9-7-20(24)8-10-21/h3,5-10H,4,11-17H2,1-2H3,(H,25,28). The summed E-state index contributed by atoms with van der Waals surface area (Å²) in [5.74, 6) is 0.490. The van der Waals surface area contributed by atoms with Gasteiger partial charge in [0, 0.05) is 38.4 Å². The normalized spacial score (nSPS) is 15.3. The Balaban J connectivity index is 1.32. The van der Waals surface area contributed by atoms with Gasteiger partial charge in [0.05, 0.1) is 13.2 Å². The Labute approximate surface area is 172 Å². The highest BCUT2D eigenvalue weighted by atomic mass is 19.1. The van der Waals surface area contributed by atoms with Crippen molar-refractivity contribution in [2.45, 2.75) is 20.3 Å². The first-order valence-corrected chi connectivity index (χ1v) is 10.2. The Hall–Kier alpha value is -2.44. The molecule has 0 radical (unpaired) electrons. The summed E-state index contributed by atoms with van der Waals surface area (Å²) in [5, 5.41) is 3.04. The Kier molecular flexibility index (Phi) is 7.61. The van der Waals surface area contributed by atoms with Crippen LogP contribution in [0.1, 0.15) is 17.5 Å². The fourth-order valence-electron chi connectivity index (χ4n) is 3.46. The summed E-state index contributed by atoms with van der Waals surface area (Å²) in [6.07, 6.45) is 0.921. The third-order valence-electron chi connectivity index (χ3n) is 5.41. The number of amides is 1. The Bertz CT molecular complexity index is 802. The molecule has 1 heterocycles. The van der Waals surface area contributed by atoms with E-state index in [4.69, 9.17) is 4.74 Å². The molecule has 29 heavy (non-hydrogen) atoms. The Morgan fingerprint density at radius 2 is 1.72 bits per heavy atom. The molecule has 1 fully saturated rings. The van der Waals surface area contributed by atoms with Crippen LogP contribution in [0.25, 0.3) is 0 Å². The number of hydrogen-bond donors (Lipinski definition) is 1. The highest BCUT2D eigenvalue weighted by molar-refractivity contribution is 5.93. The maximum absolute atomic E-state index is 12.9. The molecule has 1 aliphatic heterocycles. The molecule has 156 valence electrons. The van der Waals surface area contributed by atoms with Crippen molar-refractivity contribution >= 4 is 11.6 Å². The van der Waals surface area contributed by atoms with E-state index < -0.39 is 0 Å². The average Bonchev–Trinajstić information content (AvgIpc) is 2.71. The molecule has 5 nitrogen and oxygen atoms in total. The summed E-state index contributed by atoms with van der Waals surface area (Å²) >= 11 is 0. The maximum Gasteiger partial charge on any atom is 0.238 e. The molecule has 0 aromatic heterocycles. The number of ether oxygens (including phenoxy) is 1. The predicted molar refractivity (Wildman–Crippen MR) is 114 cm³/mol. The molecule has 1 N–H and O–H groups in total. The third kappa shape index (κ3) is 6.54. The lowest BCUT2D eigenvalue weighted by Gasteiger charge is -2.34. The van der Waals surface area contributed by atoms with Crippen LogP contribution in [0.15, 0.2) is 42.5 Å². The van der Waals surface area contributed by atoms with Gasteiger partial charge in [-0.2, -0.15) is 0 Å². The molecule has 3 rings (SSSR count). The second-order valence-electron chi connectivity index (χ2n) is 7.57. The first-order chi connectivity index (χ1) is 14.0. The Morgan fingerprint density at radius 1 is 1.03 bits per heavy atom. The van der Waals surface area contributed by atoms with Crippen LogP contribution in [0, 0.1) is 19.7 Å². The summed E-state index contributed by atoms with van der Waals surface area (Å²) < 4.78 is 18.5. The van der Waals surface area contributed by atoms with Gasteiger partial charge in [-0.3, -0.25) is 9.69 Å². The number of benzene rings is 2. The van der Waals surface area contributed by atoms with Gasteiger partial charge in [-0.1, -0.05) is 12.1 Å². The van der Waals surface area contributed by atoms with Gasteiger partial charge >= 0.3 is 0 Å². The van der Waals surface area contributed by atoms with Crippen LogP contribution in [-0.2, 0) is 4.79 Å². The highest BCUT2D eigenvalue weighted by Crippen LogP contribution is 2.18. The quantitative estimate of drug-likeness (QED) is 0.691. The van der Waals surface area contributed by atoms with Crippen molar-refractivity contribution in [3.05, 3.63) is 59.4 Å². The van der Waals surface area contributed by atoms with Crippen LogP contribution in [0.2, 0.25) is 0 Å². The lowest BCUT2D eigenvalue weighted by molar-refractivity contribution is -0.117. The summed E-state index contributed by atoms with van der Waals surface area (Å²) in [6, 6.07) is 12.1. The first-order valence-electron chi connectivity index (χ1n) is 10.2. The molecule has 0 unspecified atom stereocenters. The van der Waals surface area contributed by atoms with Gasteiger partial charge in [-0.25, -0.2) is 4.39 Å². The Morgan fingerprint density at radius 3 is 2.45 bits per heavy atom. The van der Waals surface area contributed by atoms with Crippen molar-refractivity contribution in [1.82, 2.24) is 9.80 Å². The fourth-order valence-corrected chi connectivity index (χ4v) is 3.46. The average molecular weight is 400 g/mol. The number of halogens is 1. The number of anilines is 1. The number of aryl methyl sites for hydroxylation is 1. The fraction of sp³-hybridized carbons (Fsp3) is 0.435. The van der Waals surface area contributed by atoms with E-state index >= 15 is 0 Å². The van der Waals surface area contributed by atoms with Gasteiger partial charge < -0.3 is 15.0 Å². The van der Waals surface area contributed by atoms with Gasteiger partial charge in [0.1, 0.15) is 11.6 Å². The molecule has 0 aliphatic carbocycles. The number of carbonyl (C=O) groups excluding carboxylic acids is 1. The lowest BCUT2D eigenvalue weighted by Crippen LogP contribution is -2.48. The summed E-state index contributed by atoms with van der Waals surface area (Å²) in [7, 11) is 0. The topological polar surface area (TPSA) is 44.8 Å². The van der Waals surface area contributed by atoms with Crippen molar-refractivity contribution in [2.75, 3.05) is 51.2 Å². The number of rotatable bonds is 8.